The Morgan fingerprint density at radius 3 is 3.00 bits per heavy atom. The topological polar surface area (TPSA) is 33.3 Å². The van der Waals surface area contributed by atoms with Crippen molar-refractivity contribution in [1.82, 2.24) is 5.32 Å². The average Bonchev–Trinajstić information content (AvgIpc) is 2.82. The highest BCUT2D eigenvalue weighted by molar-refractivity contribution is 9.10. The van der Waals surface area contributed by atoms with Crippen LogP contribution in [0, 0.1) is 0 Å². The SMILES string of the molecule is COc1ccc(NC(C)CC2CCCN2)cc1Br. The second-order valence-corrected chi connectivity index (χ2v) is 5.78. The molecule has 2 atom stereocenters. The standard InChI is InChI=1S/C14H21BrN2O/c1-10(8-11-4-3-7-16-11)17-12-5-6-14(18-2)13(15)9-12/h5-6,9-11,16-17H,3-4,7-8H2,1-2H3. The lowest BCUT2D eigenvalue weighted by atomic mass is 10.1. The van der Waals surface area contributed by atoms with Gasteiger partial charge in [-0.15, -0.1) is 0 Å². The van der Waals surface area contributed by atoms with Crippen LogP contribution in [0.15, 0.2) is 22.7 Å². The number of ether oxygens (including phenoxy) is 1. The number of hydrogen-bond acceptors (Lipinski definition) is 3. The summed E-state index contributed by atoms with van der Waals surface area (Å²) in [6.45, 7) is 3.41. The first-order valence-corrected chi connectivity index (χ1v) is 7.32. The van der Waals surface area contributed by atoms with E-state index >= 15 is 0 Å². The predicted octanol–water partition coefficient (Wildman–Crippen LogP) is 3.40. The summed E-state index contributed by atoms with van der Waals surface area (Å²) < 4.78 is 6.22. The van der Waals surface area contributed by atoms with Gasteiger partial charge in [-0.2, -0.15) is 0 Å². The zero-order valence-corrected chi connectivity index (χ0v) is 12.6. The van der Waals surface area contributed by atoms with Crippen molar-refractivity contribution in [3.05, 3.63) is 22.7 Å². The van der Waals surface area contributed by atoms with E-state index in [-0.39, 0.29) is 0 Å². The summed E-state index contributed by atoms with van der Waals surface area (Å²) in [4.78, 5) is 0. The minimum Gasteiger partial charge on any atom is -0.496 e. The van der Waals surface area contributed by atoms with Crippen molar-refractivity contribution in [1.29, 1.82) is 0 Å². The molecule has 0 bridgehead atoms. The van der Waals surface area contributed by atoms with E-state index in [4.69, 9.17) is 4.74 Å². The van der Waals surface area contributed by atoms with Gasteiger partial charge in [-0.3, -0.25) is 0 Å². The van der Waals surface area contributed by atoms with Crippen molar-refractivity contribution in [2.75, 3.05) is 19.0 Å². The molecule has 1 aliphatic rings. The van der Waals surface area contributed by atoms with E-state index < -0.39 is 0 Å². The lowest BCUT2D eigenvalue weighted by Crippen LogP contribution is -2.29. The number of methoxy groups -OCH3 is 1. The number of hydrogen-bond donors (Lipinski definition) is 2. The maximum Gasteiger partial charge on any atom is 0.133 e. The largest absolute Gasteiger partial charge is 0.496 e. The van der Waals surface area contributed by atoms with Crippen LogP contribution in [0.2, 0.25) is 0 Å². The average molecular weight is 313 g/mol. The first-order valence-electron chi connectivity index (χ1n) is 6.52. The molecule has 2 unspecified atom stereocenters. The van der Waals surface area contributed by atoms with Gasteiger partial charge in [0.15, 0.2) is 0 Å². The van der Waals surface area contributed by atoms with Crippen LogP contribution in [-0.2, 0) is 0 Å². The lowest BCUT2D eigenvalue weighted by Gasteiger charge is -2.19. The molecule has 1 aromatic carbocycles. The van der Waals surface area contributed by atoms with Crippen molar-refractivity contribution in [2.24, 2.45) is 0 Å². The molecule has 1 aromatic rings. The molecule has 2 rings (SSSR count). The number of benzene rings is 1. The van der Waals surface area contributed by atoms with E-state index in [2.05, 4.69) is 45.6 Å². The molecule has 2 N–H and O–H groups in total. The molecule has 1 fully saturated rings. The second-order valence-electron chi connectivity index (χ2n) is 4.92. The van der Waals surface area contributed by atoms with Gasteiger partial charge < -0.3 is 15.4 Å². The van der Waals surface area contributed by atoms with E-state index in [1.54, 1.807) is 7.11 Å². The highest BCUT2D eigenvalue weighted by Gasteiger charge is 2.16. The first-order chi connectivity index (χ1) is 8.69. The van der Waals surface area contributed by atoms with Crippen LogP contribution in [0.5, 0.6) is 5.75 Å². The summed E-state index contributed by atoms with van der Waals surface area (Å²) in [7, 11) is 1.68. The van der Waals surface area contributed by atoms with E-state index in [0.29, 0.717) is 12.1 Å². The van der Waals surface area contributed by atoms with Crippen molar-refractivity contribution < 1.29 is 4.74 Å². The maximum absolute atomic E-state index is 5.23. The van der Waals surface area contributed by atoms with Gasteiger partial charge in [0, 0.05) is 17.8 Å². The smallest absolute Gasteiger partial charge is 0.133 e. The number of halogens is 1. The molecule has 0 saturated carbocycles. The Morgan fingerprint density at radius 1 is 1.56 bits per heavy atom. The zero-order valence-electron chi connectivity index (χ0n) is 11.0. The van der Waals surface area contributed by atoms with Crippen molar-refractivity contribution >= 4 is 21.6 Å². The Morgan fingerprint density at radius 2 is 2.39 bits per heavy atom. The number of rotatable bonds is 5. The summed E-state index contributed by atoms with van der Waals surface area (Å²) in [6, 6.07) is 7.25. The first kappa shape index (κ1) is 13.7. The normalized spacial score (nSPS) is 20.7. The van der Waals surface area contributed by atoms with Gasteiger partial charge in [0.05, 0.1) is 11.6 Å². The van der Waals surface area contributed by atoms with E-state index in [1.807, 2.05) is 6.07 Å². The molecule has 0 aromatic heterocycles. The number of anilines is 1. The summed E-state index contributed by atoms with van der Waals surface area (Å²) in [5.41, 5.74) is 1.13. The molecular weight excluding hydrogens is 292 g/mol. The molecule has 18 heavy (non-hydrogen) atoms. The number of nitrogens with one attached hydrogen (secondary N) is 2. The quantitative estimate of drug-likeness (QED) is 0.874. The Labute approximate surface area is 117 Å². The second kappa shape index (κ2) is 6.43. The van der Waals surface area contributed by atoms with Crippen LogP contribution in [0.25, 0.3) is 0 Å². The molecule has 3 nitrogen and oxygen atoms in total. The fraction of sp³-hybridized carbons (Fsp3) is 0.571. The third-order valence-corrected chi connectivity index (χ3v) is 3.99. The molecular formula is C14H21BrN2O. The van der Waals surface area contributed by atoms with Gasteiger partial charge in [0.1, 0.15) is 5.75 Å². The minimum atomic E-state index is 0.473. The van der Waals surface area contributed by atoms with Crippen LogP contribution in [0.3, 0.4) is 0 Å². The van der Waals surface area contributed by atoms with Gasteiger partial charge in [0.25, 0.3) is 0 Å². The van der Waals surface area contributed by atoms with Gasteiger partial charge in [-0.05, 0) is 66.9 Å². The fourth-order valence-electron chi connectivity index (χ4n) is 2.48. The van der Waals surface area contributed by atoms with Crippen LogP contribution >= 0.6 is 15.9 Å². The van der Waals surface area contributed by atoms with E-state index in [9.17, 15) is 0 Å². The molecule has 0 amide bonds. The third-order valence-electron chi connectivity index (χ3n) is 3.37. The van der Waals surface area contributed by atoms with Gasteiger partial charge >= 0.3 is 0 Å². The monoisotopic (exact) mass is 312 g/mol. The summed E-state index contributed by atoms with van der Waals surface area (Å²) in [5.74, 6) is 0.866. The predicted molar refractivity (Wildman–Crippen MR) is 79.4 cm³/mol. The third kappa shape index (κ3) is 3.62. The summed E-state index contributed by atoms with van der Waals surface area (Å²) >= 11 is 3.51. The van der Waals surface area contributed by atoms with E-state index in [1.165, 1.54) is 25.8 Å². The Hall–Kier alpha value is -0.740. The van der Waals surface area contributed by atoms with Crippen molar-refractivity contribution in [3.8, 4) is 5.75 Å². The molecule has 0 spiro atoms. The van der Waals surface area contributed by atoms with Crippen LogP contribution < -0.4 is 15.4 Å². The molecule has 0 radical (unpaired) electrons. The van der Waals surface area contributed by atoms with Crippen LogP contribution in [0.4, 0.5) is 5.69 Å². The highest BCUT2D eigenvalue weighted by Crippen LogP contribution is 2.28. The van der Waals surface area contributed by atoms with Crippen LogP contribution in [-0.4, -0.2) is 25.7 Å². The Balaban J connectivity index is 1.89. The molecule has 1 heterocycles. The Kier molecular flexibility index (Phi) is 4.89. The summed E-state index contributed by atoms with van der Waals surface area (Å²) in [5, 5.41) is 7.07. The lowest BCUT2D eigenvalue weighted by molar-refractivity contribution is 0.412. The Bertz CT molecular complexity index is 391. The molecule has 4 heteroatoms. The van der Waals surface area contributed by atoms with Crippen LogP contribution in [0.1, 0.15) is 26.2 Å². The van der Waals surface area contributed by atoms with Gasteiger partial charge in [-0.1, -0.05) is 0 Å². The molecule has 100 valence electrons. The van der Waals surface area contributed by atoms with E-state index in [0.717, 1.165) is 15.9 Å². The van der Waals surface area contributed by atoms with Gasteiger partial charge in [0.2, 0.25) is 0 Å². The molecule has 0 aliphatic carbocycles. The van der Waals surface area contributed by atoms with Gasteiger partial charge in [-0.25, -0.2) is 0 Å². The zero-order chi connectivity index (χ0) is 13.0. The fourth-order valence-corrected chi connectivity index (χ4v) is 3.02. The molecule has 1 aliphatic heterocycles. The van der Waals surface area contributed by atoms with Crippen molar-refractivity contribution in [3.63, 3.8) is 0 Å². The maximum atomic E-state index is 5.23. The highest BCUT2D eigenvalue weighted by atomic mass is 79.9. The van der Waals surface area contributed by atoms with Crippen molar-refractivity contribution in [2.45, 2.75) is 38.3 Å². The summed E-state index contributed by atoms with van der Waals surface area (Å²) in [6.07, 6.45) is 3.79. The minimum absolute atomic E-state index is 0.473. The molecule has 1 saturated heterocycles.